The highest BCUT2D eigenvalue weighted by molar-refractivity contribution is 7.89. The van der Waals surface area contributed by atoms with Crippen molar-refractivity contribution in [2.45, 2.75) is 38.6 Å². The minimum atomic E-state index is -3.54. The van der Waals surface area contributed by atoms with Gasteiger partial charge in [-0.2, -0.15) is 0 Å². The molecule has 0 aliphatic rings. The summed E-state index contributed by atoms with van der Waals surface area (Å²) in [6.45, 7) is 2.04. The lowest BCUT2D eigenvalue weighted by Crippen LogP contribution is -2.46. The molecule has 0 fully saturated rings. The van der Waals surface area contributed by atoms with Gasteiger partial charge in [0.15, 0.2) is 0 Å². The first-order valence-corrected chi connectivity index (χ1v) is 7.75. The predicted molar refractivity (Wildman–Crippen MR) is 70.1 cm³/mol. The first-order valence-electron chi connectivity index (χ1n) is 6.04. The van der Waals surface area contributed by atoms with Crippen molar-refractivity contribution in [1.82, 2.24) is 10.6 Å². The summed E-state index contributed by atoms with van der Waals surface area (Å²) in [7, 11) is -3.54. The standard InChI is InChI=1S/C10H21N3O5S/c1-2-3-5-8(9(14)15)13-10(16)12-6-4-7-19(11,17)18/h8H,2-7H2,1H3,(H,14,15)(H2,11,17,18)(H2,12,13,16)/t8-/m0/s1. The van der Waals surface area contributed by atoms with Crippen LogP contribution in [0.2, 0.25) is 0 Å². The molecule has 0 aliphatic carbocycles. The monoisotopic (exact) mass is 295 g/mol. The number of carboxylic acid groups (broad SMARTS) is 1. The van der Waals surface area contributed by atoms with Crippen LogP contribution in [0.5, 0.6) is 0 Å². The molecule has 1 atom stereocenters. The fraction of sp³-hybridized carbons (Fsp3) is 0.800. The Morgan fingerprint density at radius 1 is 1.32 bits per heavy atom. The Kier molecular flexibility index (Phi) is 8.08. The Morgan fingerprint density at radius 3 is 2.42 bits per heavy atom. The molecule has 2 amide bonds. The molecule has 0 radical (unpaired) electrons. The summed E-state index contributed by atoms with van der Waals surface area (Å²) >= 11 is 0. The van der Waals surface area contributed by atoms with E-state index in [1.807, 2.05) is 6.92 Å². The van der Waals surface area contributed by atoms with Crippen molar-refractivity contribution in [1.29, 1.82) is 0 Å². The van der Waals surface area contributed by atoms with Gasteiger partial charge in [0.25, 0.3) is 0 Å². The van der Waals surface area contributed by atoms with Gasteiger partial charge >= 0.3 is 12.0 Å². The first-order chi connectivity index (χ1) is 8.76. The minimum Gasteiger partial charge on any atom is -0.480 e. The number of hydrogen-bond donors (Lipinski definition) is 4. The Hall–Kier alpha value is -1.35. The van der Waals surface area contributed by atoms with Crippen LogP contribution in [0, 0.1) is 0 Å². The molecule has 0 bridgehead atoms. The smallest absolute Gasteiger partial charge is 0.326 e. The lowest BCUT2D eigenvalue weighted by molar-refractivity contribution is -0.139. The van der Waals surface area contributed by atoms with E-state index in [0.717, 1.165) is 6.42 Å². The zero-order valence-corrected chi connectivity index (χ0v) is 11.7. The molecule has 0 aliphatic heterocycles. The maximum absolute atomic E-state index is 11.4. The molecule has 0 unspecified atom stereocenters. The third-order valence-electron chi connectivity index (χ3n) is 2.34. The number of carbonyl (C=O) groups excluding carboxylic acids is 1. The van der Waals surface area contributed by atoms with Crippen LogP contribution in [0.4, 0.5) is 4.79 Å². The summed E-state index contributed by atoms with van der Waals surface area (Å²) in [4.78, 5) is 22.2. The van der Waals surface area contributed by atoms with E-state index in [-0.39, 0.29) is 18.7 Å². The number of sulfonamides is 1. The van der Waals surface area contributed by atoms with Crippen LogP contribution in [0.25, 0.3) is 0 Å². The van der Waals surface area contributed by atoms with E-state index in [4.69, 9.17) is 10.2 Å². The van der Waals surface area contributed by atoms with Crippen LogP contribution in [0.3, 0.4) is 0 Å². The average Bonchev–Trinajstić information content (AvgIpc) is 2.28. The second-order valence-corrected chi connectivity index (χ2v) is 5.89. The highest BCUT2D eigenvalue weighted by atomic mass is 32.2. The van der Waals surface area contributed by atoms with Gasteiger partial charge in [-0.05, 0) is 12.8 Å². The van der Waals surface area contributed by atoms with Crippen LogP contribution >= 0.6 is 0 Å². The van der Waals surface area contributed by atoms with E-state index in [9.17, 15) is 18.0 Å². The molecular formula is C10H21N3O5S. The van der Waals surface area contributed by atoms with Gasteiger partial charge in [0, 0.05) is 6.54 Å². The number of primary sulfonamides is 1. The topological polar surface area (TPSA) is 139 Å². The van der Waals surface area contributed by atoms with Gasteiger partial charge in [0.05, 0.1) is 5.75 Å². The van der Waals surface area contributed by atoms with Gasteiger partial charge in [-0.3, -0.25) is 0 Å². The van der Waals surface area contributed by atoms with Crippen molar-refractivity contribution < 1.29 is 23.1 Å². The van der Waals surface area contributed by atoms with Gasteiger partial charge in [-0.15, -0.1) is 0 Å². The molecule has 19 heavy (non-hydrogen) atoms. The lowest BCUT2D eigenvalue weighted by Gasteiger charge is -2.14. The van der Waals surface area contributed by atoms with Gasteiger partial charge in [0.1, 0.15) is 6.04 Å². The summed E-state index contributed by atoms with van der Waals surface area (Å²) in [5.41, 5.74) is 0. The van der Waals surface area contributed by atoms with E-state index < -0.39 is 28.1 Å². The van der Waals surface area contributed by atoms with Gasteiger partial charge in [0.2, 0.25) is 10.0 Å². The zero-order chi connectivity index (χ0) is 14.9. The van der Waals surface area contributed by atoms with Crippen LogP contribution in [-0.4, -0.2) is 43.9 Å². The maximum atomic E-state index is 11.4. The second kappa shape index (κ2) is 8.70. The average molecular weight is 295 g/mol. The highest BCUT2D eigenvalue weighted by Crippen LogP contribution is 2.00. The van der Waals surface area contributed by atoms with Crippen LogP contribution in [-0.2, 0) is 14.8 Å². The fourth-order valence-corrected chi connectivity index (χ4v) is 1.90. The molecule has 0 aromatic rings. The Bertz CT molecular complexity index is 396. The van der Waals surface area contributed by atoms with Crippen molar-refractivity contribution in [2.75, 3.05) is 12.3 Å². The van der Waals surface area contributed by atoms with Crippen LogP contribution < -0.4 is 15.8 Å². The predicted octanol–water partition coefficient (Wildman–Crippen LogP) is -0.392. The number of carbonyl (C=O) groups is 2. The van der Waals surface area contributed by atoms with E-state index in [1.165, 1.54) is 0 Å². The van der Waals surface area contributed by atoms with Crippen LogP contribution in [0.15, 0.2) is 0 Å². The van der Waals surface area contributed by atoms with Crippen molar-refractivity contribution in [3.8, 4) is 0 Å². The Morgan fingerprint density at radius 2 is 1.95 bits per heavy atom. The minimum absolute atomic E-state index is 0.113. The summed E-state index contributed by atoms with van der Waals surface area (Å²) in [6, 6.07) is -1.56. The molecule has 112 valence electrons. The molecule has 0 saturated heterocycles. The molecule has 0 heterocycles. The molecule has 9 heteroatoms. The maximum Gasteiger partial charge on any atom is 0.326 e. The number of unbranched alkanes of at least 4 members (excludes halogenated alkanes) is 1. The molecule has 0 spiro atoms. The summed E-state index contributed by atoms with van der Waals surface area (Å²) in [6.07, 6.45) is 2.07. The van der Waals surface area contributed by atoms with E-state index >= 15 is 0 Å². The zero-order valence-electron chi connectivity index (χ0n) is 10.9. The third kappa shape index (κ3) is 10.3. The molecule has 0 saturated carbocycles. The van der Waals surface area contributed by atoms with Crippen molar-refractivity contribution in [3.63, 3.8) is 0 Å². The quantitative estimate of drug-likeness (QED) is 0.429. The normalized spacial score (nSPS) is 12.7. The van der Waals surface area contributed by atoms with Crippen molar-refractivity contribution >= 4 is 22.0 Å². The van der Waals surface area contributed by atoms with Gasteiger partial charge in [-0.25, -0.2) is 23.1 Å². The molecule has 0 aromatic carbocycles. The molecular weight excluding hydrogens is 274 g/mol. The fourth-order valence-electron chi connectivity index (χ4n) is 1.35. The molecule has 8 nitrogen and oxygen atoms in total. The number of aliphatic carboxylic acids is 1. The highest BCUT2D eigenvalue weighted by Gasteiger charge is 2.18. The number of rotatable bonds is 9. The molecule has 5 N–H and O–H groups in total. The Balaban J connectivity index is 3.96. The summed E-state index contributed by atoms with van der Waals surface area (Å²) in [5.74, 6) is -1.32. The number of nitrogens with one attached hydrogen (secondary N) is 2. The largest absolute Gasteiger partial charge is 0.480 e. The van der Waals surface area contributed by atoms with E-state index in [0.29, 0.717) is 12.8 Å². The summed E-state index contributed by atoms with van der Waals surface area (Å²) < 4.78 is 21.3. The third-order valence-corrected chi connectivity index (χ3v) is 3.20. The van der Waals surface area contributed by atoms with Crippen molar-refractivity contribution in [2.24, 2.45) is 5.14 Å². The molecule has 0 aromatic heterocycles. The summed E-state index contributed by atoms with van der Waals surface area (Å²) in [5, 5.41) is 18.4. The second-order valence-electron chi connectivity index (χ2n) is 4.15. The van der Waals surface area contributed by atoms with E-state index in [1.54, 1.807) is 0 Å². The van der Waals surface area contributed by atoms with E-state index in [2.05, 4.69) is 10.6 Å². The number of amides is 2. The van der Waals surface area contributed by atoms with Crippen LogP contribution in [0.1, 0.15) is 32.6 Å². The number of nitrogens with two attached hydrogens (primary N) is 1. The number of hydrogen-bond acceptors (Lipinski definition) is 4. The van der Waals surface area contributed by atoms with Gasteiger partial charge in [-0.1, -0.05) is 19.8 Å². The van der Waals surface area contributed by atoms with Crippen molar-refractivity contribution in [3.05, 3.63) is 0 Å². The Labute approximate surface area is 112 Å². The van der Waals surface area contributed by atoms with Gasteiger partial charge < -0.3 is 15.7 Å². The number of carboxylic acids is 1. The SMILES string of the molecule is CCCC[C@H](NC(=O)NCCCS(N)(=O)=O)C(=O)O. The first kappa shape index (κ1) is 17.6. The molecule has 0 rings (SSSR count). The number of urea groups is 1. The lowest BCUT2D eigenvalue weighted by atomic mass is 10.1.